The second-order valence-corrected chi connectivity index (χ2v) is 7.55. The SMILES string of the molecule is O=C(NCc1ccc(F)cc1)C1CCCN(c2ccc(=O)n(-c3ccc(F)cc3)n2)C1. The monoisotopic (exact) mass is 424 g/mol. The van der Waals surface area contributed by atoms with E-state index in [2.05, 4.69) is 10.4 Å². The van der Waals surface area contributed by atoms with Crippen LogP contribution in [-0.4, -0.2) is 28.8 Å². The molecule has 2 heterocycles. The lowest BCUT2D eigenvalue weighted by Gasteiger charge is -2.33. The predicted octanol–water partition coefficient (Wildman–Crippen LogP) is 3.04. The van der Waals surface area contributed by atoms with Gasteiger partial charge in [0.05, 0.1) is 11.6 Å². The molecule has 1 aromatic heterocycles. The lowest BCUT2D eigenvalue weighted by molar-refractivity contribution is -0.125. The molecule has 1 unspecified atom stereocenters. The van der Waals surface area contributed by atoms with Crippen LogP contribution < -0.4 is 15.8 Å². The number of carbonyl (C=O) groups excluding carboxylic acids is 1. The van der Waals surface area contributed by atoms with Crippen LogP contribution in [0.15, 0.2) is 65.5 Å². The molecule has 0 spiro atoms. The quantitative estimate of drug-likeness (QED) is 0.684. The Labute approximate surface area is 178 Å². The third-order valence-corrected chi connectivity index (χ3v) is 5.35. The molecule has 0 saturated carbocycles. The van der Waals surface area contributed by atoms with Crippen LogP contribution in [0.3, 0.4) is 0 Å². The normalized spacial score (nSPS) is 16.2. The summed E-state index contributed by atoms with van der Waals surface area (Å²) in [6, 6.07) is 14.6. The van der Waals surface area contributed by atoms with E-state index in [1.165, 1.54) is 47.1 Å². The van der Waals surface area contributed by atoms with E-state index in [0.29, 0.717) is 24.6 Å². The Balaban J connectivity index is 1.45. The second-order valence-electron chi connectivity index (χ2n) is 7.55. The first kappa shape index (κ1) is 20.7. The molecule has 1 aliphatic heterocycles. The van der Waals surface area contributed by atoms with Crippen LogP contribution in [-0.2, 0) is 11.3 Å². The van der Waals surface area contributed by atoms with Crippen molar-refractivity contribution in [1.82, 2.24) is 15.1 Å². The number of rotatable bonds is 5. The molecule has 6 nitrogen and oxygen atoms in total. The van der Waals surface area contributed by atoms with Gasteiger partial charge in [-0.1, -0.05) is 12.1 Å². The van der Waals surface area contributed by atoms with E-state index < -0.39 is 5.82 Å². The number of hydrogen-bond acceptors (Lipinski definition) is 4. The lowest BCUT2D eigenvalue weighted by Crippen LogP contribution is -2.43. The van der Waals surface area contributed by atoms with E-state index in [4.69, 9.17) is 0 Å². The average Bonchev–Trinajstić information content (AvgIpc) is 2.79. The predicted molar refractivity (Wildman–Crippen MR) is 113 cm³/mol. The van der Waals surface area contributed by atoms with Crippen molar-refractivity contribution in [2.75, 3.05) is 18.0 Å². The topological polar surface area (TPSA) is 67.2 Å². The summed E-state index contributed by atoms with van der Waals surface area (Å²) in [6.07, 6.45) is 1.56. The van der Waals surface area contributed by atoms with Crippen LogP contribution >= 0.6 is 0 Å². The molecule has 1 fully saturated rings. The smallest absolute Gasteiger partial charge is 0.271 e. The molecule has 1 aliphatic rings. The zero-order valence-electron chi connectivity index (χ0n) is 16.8. The van der Waals surface area contributed by atoms with Crippen molar-refractivity contribution in [1.29, 1.82) is 0 Å². The summed E-state index contributed by atoms with van der Waals surface area (Å²) in [6.45, 7) is 1.53. The number of anilines is 1. The van der Waals surface area contributed by atoms with Crippen molar-refractivity contribution in [2.45, 2.75) is 19.4 Å². The summed E-state index contributed by atoms with van der Waals surface area (Å²) in [5.41, 5.74) is 0.982. The van der Waals surface area contributed by atoms with E-state index in [0.717, 1.165) is 24.9 Å². The average molecular weight is 424 g/mol. The fourth-order valence-electron chi connectivity index (χ4n) is 3.67. The molecule has 160 valence electrons. The van der Waals surface area contributed by atoms with E-state index in [-0.39, 0.29) is 23.2 Å². The summed E-state index contributed by atoms with van der Waals surface area (Å²) in [5.74, 6) is -0.408. The lowest BCUT2D eigenvalue weighted by atomic mass is 9.97. The van der Waals surface area contributed by atoms with Crippen LogP contribution in [0, 0.1) is 17.6 Å². The van der Waals surface area contributed by atoms with Gasteiger partial charge in [-0.05, 0) is 60.9 Å². The maximum absolute atomic E-state index is 13.2. The first-order valence-corrected chi connectivity index (χ1v) is 10.1. The number of nitrogens with zero attached hydrogens (tertiary/aromatic N) is 3. The van der Waals surface area contributed by atoms with E-state index in [9.17, 15) is 18.4 Å². The highest BCUT2D eigenvalue weighted by Gasteiger charge is 2.26. The Bertz CT molecular complexity index is 1110. The minimum absolute atomic E-state index is 0.0686. The molecule has 1 saturated heterocycles. The maximum atomic E-state index is 13.2. The zero-order valence-corrected chi connectivity index (χ0v) is 16.8. The molecular weight excluding hydrogens is 402 g/mol. The zero-order chi connectivity index (χ0) is 21.8. The molecule has 2 aromatic carbocycles. The number of hydrogen-bond donors (Lipinski definition) is 1. The highest BCUT2D eigenvalue weighted by molar-refractivity contribution is 5.79. The number of halogens is 2. The van der Waals surface area contributed by atoms with Crippen molar-refractivity contribution in [2.24, 2.45) is 5.92 Å². The Morgan fingerprint density at radius 1 is 1.00 bits per heavy atom. The summed E-state index contributed by atoms with van der Waals surface area (Å²) < 4.78 is 27.5. The standard InChI is InChI=1S/C23H22F2N4O2/c24-18-5-3-16(4-6-18)14-26-23(31)17-2-1-13-28(15-17)21-11-12-22(30)29(27-21)20-9-7-19(25)8-10-20/h3-12,17H,1-2,13-15H2,(H,26,31). The first-order chi connectivity index (χ1) is 15.0. The number of aromatic nitrogens is 2. The van der Waals surface area contributed by atoms with Crippen molar-refractivity contribution in [3.05, 3.63) is 88.2 Å². The van der Waals surface area contributed by atoms with Gasteiger partial charge in [-0.3, -0.25) is 9.59 Å². The number of nitrogens with one attached hydrogen (secondary N) is 1. The minimum Gasteiger partial charge on any atom is -0.354 e. The first-order valence-electron chi connectivity index (χ1n) is 10.1. The largest absolute Gasteiger partial charge is 0.354 e. The highest BCUT2D eigenvalue weighted by atomic mass is 19.1. The second kappa shape index (κ2) is 9.07. The molecule has 0 radical (unpaired) electrons. The van der Waals surface area contributed by atoms with Crippen LogP contribution in [0.4, 0.5) is 14.6 Å². The maximum Gasteiger partial charge on any atom is 0.271 e. The van der Waals surface area contributed by atoms with Gasteiger partial charge in [-0.15, -0.1) is 5.10 Å². The van der Waals surface area contributed by atoms with Gasteiger partial charge in [0.2, 0.25) is 5.91 Å². The molecule has 3 aromatic rings. The van der Waals surface area contributed by atoms with Crippen LogP contribution in [0.5, 0.6) is 0 Å². The fourth-order valence-corrected chi connectivity index (χ4v) is 3.67. The van der Waals surface area contributed by atoms with Gasteiger partial charge in [0.1, 0.15) is 17.5 Å². The third-order valence-electron chi connectivity index (χ3n) is 5.35. The molecule has 4 rings (SSSR count). The summed E-state index contributed by atoms with van der Waals surface area (Å²) in [7, 11) is 0. The molecule has 8 heteroatoms. The summed E-state index contributed by atoms with van der Waals surface area (Å²) in [5, 5.41) is 7.34. The van der Waals surface area contributed by atoms with Gasteiger partial charge in [-0.25, -0.2) is 8.78 Å². The van der Waals surface area contributed by atoms with Gasteiger partial charge < -0.3 is 10.2 Å². The van der Waals surface area contributed by atoms with Crippen molar-refractivity contribution >= 4 is 11.7 Å². The molecule has 31 heavy (non-hydrogen) atoms. The summed E-state index contributed by atoms with van der Waals surface area (Å²) >= 11 is 0. The van der Waals surface area contributed by atoms with Crippen molar-refractivity contribution < 1.29 is 13.6 Å². The van der Waals surface area contributed by atoms with E-state index in [1.54, 1.807) is 18.2 Å². The van der Waals surface area contributed by atoms with Gasteiger partial charge in [-0.2, -0.15) is 4.68 Å². The molecule has 0 aliphatic carbocycles. The summed E-state index contributed by atoms with van der Waals surface area (Å²) in [4.78, 5) is 26.9. The Kier molecular flexibility index (Phi) is 6.06. The van der Waals surface area contributed by atoms with Gasteiger partial charge in [0.15, 0.2) is 0 Å². The molecule has 0 bridgehead atoms. The Morgan fingerprint density at radius 2 is 1.68 bits per heavy atom. The van der Waals surface area contributed by atoms with Gasteiger partial charge >= 0.3 is 0 Å². The fraction of sp³-hybridized carbons (Fsp3) is 0.261. The highest BCUT2D eigenvalue weighted by Crippen LogP contribution is 2.22. The molecule has 1 atom stereocenters. The van der Waals surface area contributed by atoms with E-state index in [1.807, 2.05) is 4.90 Å². The van der Waals surface area contributed by atoms with Crippen molar-refractivity contribution in [3.63, 3.8) is 0 Å². The Hall–Kier alpha value is -3.55. The third kappa shape index (κ3) is 4.96. The number of benzene rings is 2. The van der Waals surface area contributed by atoms with Crippen LogP contribution in [0.2, 0.25) is 0 Å². The number of amides is 1. The minimum atomic E-state index is -0.390. The number of piperidine rings is 1. The number of carbonyl (C=O) groups is 1. The Morgan fingerprint density at radius 3 is 2.39 bits per heavy atom. The molecular formula is C23H22F2N4O2. The van der Waals surface area contributed by atoms with Crippen molar-refractivity contribution in [3.8, 4) is 5.69 Å². The molecule has 1 amide bonds. The van der Waals surface area contributed by atoms with E-state index >= 15 is 0 Å². The van der Waals surface area contributed by atoms with Crippen LogP contribution in [0.1, 0.15) is 18.4 Å². The van der Waals surface area contributed by atoms with Gasteiger partial charge in [0.25, 0.3) is 5.56 Å². The van der Waals surface area contributed by atoms with Crippen LogP contribution in [0.25, 0.3) is 5.69 Å². The molecule has 1 N–H and O–H groups in total. The van der Waals surface area contributed by atoms with Gasteiger partial charge in [0, 0.05) is 25.7 Å².